The van der Waals surface area contributed by atoms with Crippen LogP contribution in [0, 0.1) is 17.2 Å². The third-order valence-electron chi connectivity index (χ3n) is 4.78. The van der Waals surface area contributed by atoms with Crippen LogP contribution in [0.3, 0.4) is 0 Å². The number of hydrogen-bond acceptors (Lipinski definition) is 5. The van der Waals surface area contributed by atoms with Gasteiger partial charge in [-0.25, -0.2) is 4.98 Å². The minimum atomic E-state index is -4.57. The van der Waals surface area contributed by atoms with Crippen LogP contribution in [0.15, 0.2) is 35.5 Å². The van der Waals surface area contributed by atoms with Gasteiger partial charge in [-0.05, 0) is 43.0 Å². The molecule has 0 radical (unpaired) electrons. The highest BCUT2D eigenvalue weighted by molar-refractivity contribution is 6.17. The number of aliphatic imine (C=N–C) groups is 1. The molecule has 0 spiro atoms. The first kappa shape index (κ1) is 18.9. The van der Waals surface area contributed by atoms with Gasteiger partial charge >= 0.3 is 6.18 Å². The number of rotatable bonds is 4. The second-order valence-corrected chi connectivity index (χ2v) is 7.06. The van der Waals surface area contributed by atoms with Crippen molar-refractivity contribution in [1.29, 1.82) is 5.26 Å². The Hall–Kier alpha value is -3.41. The maximum absolute atomic E-state index is 13.6. The van der Waals surface area contributed by atoms with E-state index in [1.807, 2.05) is 6.07 Å². The molecule has 0 bridgehead atoms. The van der Waals surface area contributed by atoms with E-state index in [9.17, 15) is 18.0 Å². The standard InChI is InChI=1S/C20H16F3N5O/c21-20(22,23)14-6-17-18(7-16(14)26-10-11-1-2-11)27-15(8-19(29)28-17)12-3-4-25-13(5-12)9-24/h3-7,11,26H,1-2,8,10H2,(H,28,29). The van der Waals surface area contributed by atoms with Crippen molar-refractivity contribution >= 4 is 28.7 Å². The van der Waals surface area contributed by atoms with E-state index < -0.39 is 17.6 Å². The van der Waals surface area contributed by atoms with Gasteiger partial charge in [-0.1, -0.05) is 0 Å². The number of nitriles is 1. The maximum atomic E-state index is 13.6. The summed E-state index contributed by atoms with van der Waals surface area (Å²) in [4.78, 5) is 20.6. The van der Waals surface area contributed by atoms with E-state index >= 15 is 0 Å². The van der Waals surface area contributed by atoms with Crippen molar-refractivity contribution in [3.05, 3.63) is 47.3 Å². The zero-order chi connectivity index (χ0) is 20.6. The molecular weight excluding hydrogens is 383 g/mol. The summed E-state index contributed by atoms with van der Waals surface area (Å²) in [6.45, 7) is 0.459. The molecule has 1 fully saturated rings. The predicted molar refractivity (Wildman–Crippen MR) is 101 cm³/mol. The first-order valence-corrected chi connectivity index (χ1v) is 9.06. The van der Waals surface area contributed by atoms with Crippen LogP contribution in [0.5, 0.6) is 0 Å². The lowest BCUT2D eigenvalue weighted by atomic mass is 10.1. The fourth-order valence-corrected chi connectivity index (χ4v) is 3.11. The first-order chi connectivity index (χ1) is 13.8. The van der Waals surface area contributed by atoms with Gasteiger partial charge < -0.3 is 10.6 Å². The molecule has 1 saturated carbocycles. The molecule has 1 aliphatic heterocycles. The van der Waals surface area contributed by atoms with E-state index in [4.69, 9.17) is 5.26 Å². The number of alkyl halides is 3. The second kappa shape index (κ2) is 7.20. The number of amides is 1. The monoisotopic (exact) mass is 399 g/mol. The number of anilines is 2. The van der Waals surface area contributed by atoms with Gasteiger partial charge in [-0.15, -0.1) is 0 Å². The Kier molecular flexibility index (Phi) is 4.70. The molecule has 0 saturated heterocycles. The molecule has 9 heteroatoms. The summed E-state index contributed by atoms with van der Waals surface area (Å²) >= 11 is 0. The maximum Gasteiger partial charge on any atom is 0.418 e. The van der Waals surface area contributed by atoms with Crippen LogP contribution in [-0.4, -0.2) is 23.1 Å². The molecule has 2 aromatic rings. The van der Waals surface area contributed by atoms with Crippen LogP contribution in [0.4, 0.5) is 30.2 Å². The summed E-state index contributed by atoms with van der Waals surface area (Å²) in [7, 11) is 0. The Labute approximate surface area is 164 Å². The Morgan fingerprint density at radius 1 is 1.28 bits per heavy atom. The average molecular weight is 399 g/mol. The molecule has 2 aliphatic rings. The lowest BCUT2D eigenvalue weighted by molar-refractivity contribution is -0.137. The van der Waals surface area contributed by atoms with Crippen LogP contribution >= 0.6 is 0 Å². The SMILES string of the molecule is N#Cc1cc(C2=Nc3cc(NCC4CC4)c(C(F)(F)F)cc3NC(=O)C2)ccn1. The Bertz CT molecular complexity index is 1050. The van der Waals surface area contributed by atoms with Gasteiger partial charge in [0.25, 0.3) is 0 Å². The molecule has 2 N–H and O–H groups in total. The number of halogens is 3. The fourth-order valence-electron chi connectivity index (χ4n) is 3.11. The van der Waals surface area contributed by atoms with Gasteiger partial charge in [0.1, 0.15) is 11.8 Å². The molecule has 1 aromatic carbocycles. The van der Waals surface area contributed by atoms with Crippen molar-refractivity contribution in [2.45, 2.75) is 25.4 Å². The Balaban J connectivity index is 1.79. The molecule has 0 atom stereocenters. The van der Waals surface area contributed by atoms with E-state index in [0.717, 1.165) is 18.9 Å². The van der Waals surface area contributed by atoms with Crippen molar-refractivity contribution in [3.63, 3.8) is 0 Å². The first-order valence-electron chi connectivity index (χ1n) is 9.06. The topological polar surface area (TPSA) is 90.2 Å². The van der Waals surface area contributed by atoms with Crippen LogP contribution in [0.25, 0.3) is 0 Å². The highest BCUT2D eigenvalue weighted by atomic mass is 19.4. The van der Waals surface area contributed by atoms with Gasteiger partial charge in [0.15, 0.2) is 0 Å². The smallest absolute Gasteiger partial charge is 0.384 e. The van der Waals surface area contributed by atoms with Crippen LogP contribution in [0.1, 0.15) is 36.1 Å². The van der Waals surface area contributed by atoms with Crippen molar-refractivity contribution < 1.29 is 18.0 Å². The molecule has 1 amide bonds. The van der Waals surface area contributed by atoms with E-state index in [1.165, 1.54) is 18.3 Å². The Morgan fingerprint density at radius 3 is 2.76 bits per heavy atom. The molecular formula is C20H16F3N5O. The number of nitrogens with zero attached hydrogens (tertiary/aromatic N) is 3. The van der Waals surface area contributed by atoms with E-state index in [-0.39, 0.29) is 29.2 Å². The lowest BCUT2D eigenvalue weighted by Crippen LogP contribution is -2.16. The third kappa shape index (κ3) is 4.21. The van der Waals surface area contributed by atoms with Crippen molar-refractivity contribution in [3.8, 4) is 6.07 Å². The summed E-state index contributed by atoms with van der Waals surface area (Å²) < 4.78 is 40.7. The molecule has 1 aromatic heterocycles. The number of aromatic nitrogens is 1. The van der Waals surface area contributed by atoms with Crippen LogP contribution in [0.2, 0.25) is 0 Å². The van der Waals surface area contributed by atoms with E-state index in [2.05, 4.69) is 20.6 Å². The second-order valence-electron chi connectivity index (χ2n) is 7.06. The average Bonchev–Trinajstić information content (AvgIpc) is 3.51. The summed E-state index contributed by atoms with van der Waals surface area (Å²) in [5.74, 6) is -0.0977. The highest BCUT2D eigenvalue weighted by Gasteiger charge is 2.36. The normalized spacial score (nSPS) is 16.2. The number of carbonyl (C=O) groups excluding carboxylic acids is 1. The van der Waals surface area contributed by atoms with Crippen LogP contribution < -0.4 is 10.6 Å². The number of nitrogens with one attached hydrogen (secondary N) is 2. The summed E-state index contributed by atoms with van der Waals surface area (Å²) in [6, 6.07) is 7.25. The molecule has 1 aliphatic carbocycles. The van der Waals surface area contributed by atoms with E-state index in [1.54, 1.807) is 6.07 Å². The van der Waals surface area contributed by atoms with Crippen molar-refractivity contribution in [1.82, 2.24) is 4.98 Å². The van der Waals surface area contributed by atoms with Gasteiger partial charge in [-0.3, -0.25) is 9.79 Å². The lowest BCUT2D eigenvalue weighted by Gasteiger charge is -2.17. The molecule has 4 rings (SSSR count). The molecule has 148 valence electrons. The quantitative estimate of drug-likeness (QED) is 0.804. The highest BCUT2D eigenvalue weighted by Crippen LogP contribution is 2.42. The number of fused-ring (bicyclic) bond motifs is 1. The Morgan fingerprint density at radius 2 is 2.07 bits per heavy atom. The fraction of sp³-hybridized carbons (Fsp3) is 0.300. The largest absolute Gasteiger partial charge is 0.418 e. The zero-order valence-corrected chi connectivity index (χ0v) is 15.2. The minimum Gasteiger partial charge on any atom is -0.384 e. The molecule has 29 heavy (non-hydrogen) atoms. The van der Waals surface area contributed by atoms with Gasteiger partial charge in [0.05, 0.1) is 29.1 Å². The number of hydrogen-bond donors (Lipinski definition) is 2. The predicted octanol–water partition coefficient (Wildman–Crippen LogP) is 4.26. The molecule has 0 unspecified atom stereocenters. The molecule has 6 nitrogen and oxygen atoms in total. The minimum absolute atomic E-state index is 0.00357. The van der Waals surface area contributed by atoms with Crippen molar-refractivity contribution in [2.75, 3.05) is 17.2 Å². The van der Waals surface area contributed by atoms with Gasteiger partial charge in [-0.2, -0.15) is 18.4 Å². The number of carbonyl (C=O) groups is 1. The summed E-state index contributed by atoms with van der Waals surface area (Å²) in [5, 5.41) is 14.4. The summed E-state index contributed by atoms with van der Waals surface area (Å²) in [6.07, 6.45) is -1.27. The molecule has 2 heterocycles. The van der Waals surface area contributed by atoms with Crippen LogP contribution in [-0.2, 0) is 11.0 Å². The number of benzene rings is 1. The summed E-state index contributed by atoms with van der Waals surface area (Å²) in [5.41, 5.74) is 0.368. The number of pyridine rings is 1. The van der Waals surface area contributed by atoms with Gasteiger partial charge in [0, 0.05) is 24.0 Å². The van der Waals surface area contributed by atoms with Crippen molar-refractivity contribution in [2.24, 2.45) is 10.9 Å². The zero-order valence-electron chi connectivity index (χ0n) is 15.2. The third-order valence-corrected chi connectivity index (χ3v) is 4.78. The van der Waals surface area contributed by atoms with E-state index in [0.29, 0.717) is 23.7 Å². The van der Waals surface area contributed by atoms with Gasteiger partial charge in [0.2, 0.25) is 5.91 Å².